The summed E-state index contributed by atoms with van der Waals surface area (Å²) in [6, 6.07) is 4.94. The Hall–Kier alpha value is -2.05. The van der Waals surface area contributed by atoms with Crippen LogP contribution >= 0.6 is 0 Å². The van der Waals surface area contributed by atoms with Crippen LogP contribution in [0.25, 0.3) is 11.5 Å². The summed E-state index contributed by atoms with van der Waals surface area (Å²) >= 11 is 0. The highest BCUT2D eigenvalue weighted by molar-refractivity contribution is 5.73. The van der Waals surface area contributed by atoms with Crippen molar-refractivity contribution in [1.29, 1.82) is 0 Å². The van der Waals surface area contributed by atoms with E-state index >= 15 is 0 Å². The fraction of sp³-hybridized carbons (Fsp3) is 0.200. The molecule has 0 bridgehead atoms. The number of rotatable bonds is 1. The van der Waals surface area contributed by atoms with Gasteiger partial charge in [-0.3, -0.25) is 0 Å². The first kappa shape index (κ1) is 11.4. The summed E-state index contributed by atoms with van der Waals surface area (Å²) < 4.78 is 41.5. The average Bonchev–Trinajstić information content (AvgIpc) is 2.65. The predicted octanol–water partition coefficient (Wildman–Crippen LogP) is 2.65. The summed E-state index contributed by atoms with van der Waals surface area (Å²) in [6.07, 6.45) is -4.63. The molecule has 0 aliphatic carbocycles. The molecule has 0 aliphatic rings. The standard InChI is InChI=1S/C10H8F3N3O/c1-5-3-2-4-6(14)7(5)8-15-9(16-17-8)10(11,12)13/h2-4H,14H2,1H3. The third kappa shape index (κ3) is 2.08. The van der Waals surface area contributed by atoms with Crippen molar-refractivity contribution >= 4 is 5.69 Å². The first-order valence-corrected chi connectivity index (χ1v) is 4.66. The molecule has 0 amide bonds. The maximum absolute atomic E-state index is 12.3. The summed E-state index contributed by atoms with van der Waals surface area (Å²) in [4.78, 5) is 3.29. The molecular formula is C10H8F3N3O. The number of hydrogen-bond acceptors (Lipinski definition) is 4. The molecule has 0 saturated heterocycles. The summed E-state index contributed by atoms with van der Waals surface area (Å²) in [5, 5.41) is 2.88. The average molecular weight is 243 g/mol. The summed E-state index contributed by atoms with van der Waals surface area (Å²) in [5.41, 5.74) is 6.95. The number of nitrogens with zero attached hydrogens (tertiary/aromatic N) is 2. The van der Waals surface area contributed by atoms with E-state index in [0.717, 1.165) is 0 Å². The zero-order chi connectivity index (χ0) is 12.6. The van der Waals surface area contributed by atoms with Gasteiger partial charge in [-0.25, -0.2) is 0 Å². The van der Waals surface area contributed by atoms with Crippen molar-refractivity contribution in [3.05, 3.63) is 29.6 Å². The van der Waals surface area contributed by atoms with Crippen LogP contribution in [0.1, 0.15) is 11.4 Å². The topological polar surface area (TPSA) is 64.9 Å². The van der Waals surface area contributed by atoms with Crippen molar-refractivity contribution < 1.29 is 17.7 Å². The van der Waals surface area contributed by atoms with Crippen LogP contribution in [0.3, 0.4) is 0 Å². The Balaban J connectivity index is 2.51. The Bertz CT molecular complexity index is 528. The molecule has 1 heterocycles. The lowest BCUT2D eigenvalue weighted by Gasteiger charge is -2.03. The maximum atomic E-state index is 12.3. The second kappa shape index (κ2) is 3.76. The van der Waals surface area contributed by atoms with Gasteiger partial charge >= 0.3 is 6.18 Å². The number of aryl methyl sites for hydroxylation is 1. The van der Waals surface area contributed by atoms with Crippen molar-refractivity contribution in [2.24, 2.45) is 0 Å². The molecule has 17 heavy (non-hydrogen) atoms. The molecule has 0 spiro atoms. The number of nitrogens with two attached hydrogens (primary N) is 1. The minimum absolute atomic E-state index is 0.229. The van der Waals surface area contributed by atoms with Crippen LogP contribution in [0.15, 0.2) is 22.7 Å². The second-order valence-corrected chi connectivity index (χ2v) is 3.46. The van der Waals surface area contributed by atoms with Gasteiger partial charge in [0, 0.05) is 5.69 Å². The number of alkyl halides is 3. The smallest absolute Gasteiger partial charge is 0.398 e. The van der Waals surface area contributed by atoms with Gasteiger partial charge in [0.05, 0.1) is 5.56 Å². The monoisotopic (exact) mass is 243 g/mol. The van der Waals surface area contributed by atoms with Crippen LogP contribution in [-0.2, 0) is 6.18 Å². The summed E-state index contributed by atoms with van der Waals surface area (Å²) in [5.74, 6) is -1.54. The number of halogens is 3. The van der Waals surface area contributed by atoms with Crippen LogP contribution < -0.4 is 5.73 Å². The molecule has 7 heteroatoms. The van der Waals surface area contributed by atoms with Crippen molar-refractivity contribution in [1.82, 2.24) is 10.1 Å². The summed E-state index contributed by atoms with van der Waals surface area (Å²) in [6.45, 7) is 1.70. The van der Waals surface area contributed by atoms with E-state index in [1.54, 1.807) is 25.1 Å². The highest BCUT2D eigenvalue weighted by atomic mass is 19.4. The maximum Gasteiger partial charge on any atom is 0.455 e. The van der Waals surface area contributed by atoms with Crippen LogP contribution in [0.2, 0.25) is 0 Å². The van der Waals surface area contributed by atoms with Gasteiger partial charge in [-0.05, 0) is 18.6 Å². The Morgan fingerprint density at radius 3 is 2.53 bits per heavy atom. The van der Waals surface area contributed by atoms with E-state index in [4.69, 9.17) is 5.73 Å². The van der Waals surface area contributed by atoms with Crippen LogP contribution in [0, 0.1) is 6.92 Å². The molecule has 2 aromatic rings. The SMILES string of the molecule is Cc1cccc(N)c1-c1nc(C(F)(F)F)no1. The molecule has 0 unspecified atom stereocenters. The van der Waals surface area contributed by atoms with Crippen molar-refractivity contribution in [3.8, 4) is 11.5 Å². The van der Waals surface area contributed by atoms with Gasteiger partial charge in [-0.2, -0.15) is 18.2 Å². The zero-order valence-corrected chi connectivity index (χ0v) is 8.75. The number of hydrogen-bond donors (Lipinski definition) is 1. The molecule has 2 rings (SSSR count). The summed E-state index contributed by atoms with van der Waals surface area (Å²) in [7, 11) is 0. The highest BCUT2D eigenvalue weighted by Gasteiger charge is 2.37. The zero-order valence-electron chi connectivity index (χ0n) is 8.75. The van der Waals surface area contributed by atoms with Gasteiger partial charge in [0.15, 0.2) is 0 Å². The molecule has 0 fully saturated rings. The van der Waals surface area contributed by atoms with E-state index in [2.05, 4.69) is 14.7 Å². The Morgan fingerprint density at radius 1 is 1.29 bits per heavy atom. The lowest BCUT2D eigenvalue weighted by molar-refractivity contribution is -0.146. The van der Waals surface area contributed by atoms with Crippen LogP contribution in [0.4, 0.5) is 18.9 Å². The lowest BCUT2D eigenvalue weighted by Crippen LogP contribution is -2.07. The number of anilines is 1. The lowest BCUT2D eigenvalue weighted by atomic mass is 10.1. The molecule has 0 aliphatic heterocycles. The molecule has 4 nitrogen and oxygen atoms in total. The fourth-order valence-corrected chi connectivity index (χ4v) is 1.42. The van der Waals surface area contributed by atoms with Crippen molar-refractivity contribution in [3.63, 3.8) is 0 Å². The molecular weight excluding hydrogens is 235 g/mol. The van der Waals surface area contributed by atoms with Crippen LogP contribution in [0.5, 0.6) is 0 Å². The molecule has 0 atom stereocenters. The Labute approximate surface area is 94.2 Å². The number of nitrogen functional groups attached to an aromatic ring is 1. The second-order valence-electron chi connectivity index (χ2n) is 3.46. The highest BCUT2D eigenvalue weighted by Crippen LogP contribution is 2.32. The van der Waals surface area contributed by atoms with E-state index in [9.17, 15) is 13.2 Å². The van der Waals surface area contributed by atoms with E-state index in [-0.39, 0.29) is 5.89 Å². The fourth-order valence-electron chi connectivity index (χ4n) is 1.42. The normalized spacial score (nSPS) is 11.8. The van der Waals surface area contributed by atoms with E-state index in [1.807, 2.05) is 0 Å². The quantitative estimate of drug-likeness (QED) is 0.782. The third-order valence-electron chi connectivity index (χ3n) is 2.20. The molecule has 1 aromatic heterocycles. The van der Waals surface area contributed by atoms with Gasteiger partial charge < -0.3 is 10.3 Å². The van der Waals surface area contributed by atoms with Crippen LogP contribution in [-0.4, -0.2) is 10.1 Å². The molecule has 0 saturated carbocycles. The molecule has 0 radical (unpaired) electrons. The van der Waals surface area contributed by atoms with Gasteiger partial charge in [0.2, 0.25) is 0 Å². The third-order valence-corrected chi connectivity index (χ3v) is 2.20. The van der Waals surface area contributed by atoms with Gasteiger partial charge in [-0.15, -0.1) is 0 Å². The first-order valence-electron chi connectivity index (χ1n) is 4.66. The molecule has 2 N–H and O–H groups in total. The number of aromatic nitrogens is 2. The van der Waals surface area contributed by atoms with Gasteiger partial charge in [0.25, 0.3) is 11.7 Å². The molecule has 1 aromatic carbocycles. The first-order chi connectivity index (χ1) is 7.89. The Kier molecular flexibility index (Phi) is 2.53. The molecule has 90 valence electrons. The predicted molar refractivity (Wildman–Crippen MR) is 53.9 cm³/mol. The largest absolute Gasteiger partial charge is 0.455 e. The van der Waals surface area contributed by atoms with Crippen molar-refractivity contribution in [2.75, 3.05) is 5.73 Å². The van der Waals surface area contributed by atoms with Gasteiger partial charge in [-0.1, -0.05) is 17.3 Å². The van der Waals surface area contributed by atoms with E-state index in [1.165, 1.54) is 0 Å². The Morgan fingerprint density at radius 2 is 2.00 bits per heavy atom. The number of benzene rings is 1. The van der Waals surface area contributed by atoms with Crippen molar-refractivity contribution in [2.45, 2.75) is 13.1 Å². The minimum atomic E-state index is -4.63. The van der Waals surface area contributed by atoms with E-state index < -0.39 is 12.0 Å². The minimum Gasteiger partial charge on any atom is -0.398 e. The van der Waals surface area contributed by atoms with E-state index in [0.29, 0.717) is 16.8 Å². The van der Waals surface area contributed by atoms with Gasteiger partial charge in [0.1, 0.15) is 0 Å².